The van der Waals surface area contributed by atoms with Crippen LogP contribution in [-0.2, 0) is 4.79 Å². The van der Waals surface area contributed by atoms with Crippen molar-refractivity contribution in [1.82, 2.24) is 10.2 Å². The molecule has 3 heteroatoms. The Hall–Kier alpha value is -1.35. The van der Waals surface area contributed by atoms with Gasteiger partial charge < -0.3 is 10.2 Å². The maximum absolute atomic E-state index is 12.9. The Morgan fingerprint density at radius 1 is 1.13 bits per heavy atom. The second-order valence-electron chi connectivity index (χ2n) is 6.60. The number of benzene rings is 1. The van der Waals surface area contributed by atoms with Crippen LogP contribution in [0.2, 0.25) is 0 Å². The van der Waals surface area contributed by atoms with E-state index in [1.807, 2.05) is 18.2 Å². The molecule has 1 aliphatic rings. The molecule has 0 spiro atoms. The minimum Gasteiger partial charge on any atom is -0.354 e. The van der Waals surface area contributed by atoms with Crippen LogP contribution in [0.25, 0.3) is 0 Å². The molecule has 1 fully saturated rings. The highest BCUT2D eigenvalue weighted by Gasteiger charge is 2.30. The van der Waals surface area contributed by atoms with Crippen molar-refractivity contribution in [3.05, 3.63) is 35.9 Å². The maximum atomic E-state index is 12.9. The first-order valence-electron chi connectivity index (χ1n) is 9.31. The largest absolute Gasteiger partial charge is 0.354 e. The van der Waals surface area contributed by atoms with Crippen LogP contribution in [-0.4, -0.2) is 37.0 Å². The fraction of sp³-hybridized carbons (Fsp3) is 0.650. The molecule has 1 aliphatic carbocycles. The highest BCUT2D eigenvalue weighted by molar-refractivity contribution is 5.84. The van der Waals surface area contributed by atoms with Crippen molar-refractivity contribution in [3.63, 3.8) is 0 Å². The smallest absolute Gasteiger partial charge is 0.227 e. The second kappa shape index (κ2) is 9.71. The van der Waals surface area contributed by atoms with E-state index in [9.17, 15) is 4.79 Å². The molecular formula is C20H32N2O. The number of amides is 1. The van der Waals surface area contributed by atoms with Gasteiger partial charge in [0, 0.05) is 13.1 Å². The first-order valence-corrected chi connectivity index (χ1v) is 9.31. The van der Waals surface area contributed by atoms with E-state index in [4.69, 9.17) is 0 Å². The van der Waals surface area contributed by atoms with E-state index in [0.29, 0.717) is 5.92 Å². The molecule has 1 aromatic rings. The standard InChI is InChI=1S/C20H32N2O/c1-3-22(4-2)16-15-21-20(23)19(17-11-7-5-8-12-17)18-13-9-6-10-14-18/h5,7-8,11-12,18-19H,3-4,6,9-10,13-16H2,1-2H3,(H,21,23)/t19-/m1/s1. The summed E-state index contributed by atoms with van der Waals surface area (Å²) in [4.78, 5) is 15.2. The highest BCUT2D eigenvalue weighted by Crippen LogP contribution is 2.36. The van der Waals surface area contributed by atoms with Crippen LogP contribution < -0.4 is 5.32 Å². The Morgan fingerprint density at radius 2 is 1.78 bits per heavy atom. The first kappa shape index (κ1) is 18.0. The molecule has 1 atom stereocenters. The molecule has 0 aliphatic heterocycles. The topological polar surface area (TPSA) is 32.3 Å². The summed E-state index contributed by atoms with van der Waals surface area (Å²) in [5.41, 5.74) is 1.18. The number of carbonyl (C=O) groups excluding carboxylic acids is 1. The third-order valence-electron chi connectivity index (χ3n) is 5.18. The van der Waals surface area contributed by atoms with Crippen molar-refractivity contribution >= 4 is 5.91 Å². The Bertz CT molecular complexity index is 450. The van der Waals surface area contributed by atoms with E-state index >= 15 is 0 Å². The van der Waals surface area contributed by atoms with Crippen LogP contribution in [0.15, 0.2) is 30.3 Å². The lowest BCUT2D eigenvalue weighted by Gasteiger charge is -2.30. The fourth-order valence-electron chi connectivity index (χ4n) is 3.75. The van der Waals surface area contributed by atoms with Crippen LogP contribution in [0, 0.1) is 5.92 Å². The maximum Gasteiger partial charge on any atom is 0.227 e. The molecule has 0 unspecified atom stereocenters. The van der Waals surface area contributed by atoms with Crippen LogP contribution in [0.1, 0.15) is 57.4 Å². The van der Waals surface area contributed by atoms with Crippen molar-refractivity contribution < 1.29 is 4.79 Å². The van der Waals surface area contributed by atoms with Gasteiger partial charge in [-0.05, 0) is 37.4 Å². The molecule has 23 heavy (non-hydrogen) atoms. The van der Waals surface area contributed by atoms with Crippen LogP contribution in [0.3, 0.4) is 0 Å². The highest BCUT2D eigenvalue weighted by atomic mass is 16.1. The van der Waals surface area contributed by atoms with E-state index < -0.39 is 0 Å². The quantitative estimate of drug-likeness (QED) is 0.791. The van der Waals surface area contributed by atoms with E-state index in [-0.39, 0.29) is 11.8 Å². The molecule has 1 N–H and O–H groups in total. The summed E-state index contributed by atoms with van der Waals surface area (Å²) in [6, 6.07) is 10.4. The van der Waals surface area contributed by atoms with Gasteiger partial charge in [-0.1, -0.05) is 63.4 Å². The first-order chi connectivity index (χ1) is 11.3. The van der Waals surface area contributed by atoms with E-state index in [1.54, 1.807) is 0 Å². The Kier molecular flexibility index (Phi) is 7.60. The zero-order chi connectivity index (χ0) is 16.5. The summed E-state index contributed by atoms with van der Waals surface area (Å²) >= 11 is 0. The lowest BCUT2D eigenvalue weighted by molar-refractivity contribution is -0.124. The van der Waals surface area contributed by atoms with Gasteiger partial charge in [-0.25, -0.2) is 0 Å². The normalized spacial score (nSPS) is 17.2. The molecule has 1 amide bonds. The minimum atomic E-state index is 0.0215. The zero-order valence-corrected chi connectivity index (χ0v) is 14.8. The van der Waals surface area contributed by atoms with E-state index in [1.165, 1.54) is 37.7 Å². The molecule has 3 nitrogen and oxygen atoms in total. The molecule has 0 radical (unpaired) electrons. The van der Waals surface area contributed by atoms with Crippen molar-refractivity contribution in [1.29, 1.82) is 0 Å². The predicted molar refractivity (Wildman–Crippen MR) is 96.6 cm³/mol. The van der Waals surface area contributed by atoms with E-state index in [2.05, 4.69) is 36.2 Å². The Labute approximate surface area is 141 Å². The molecule has 0 saturated heterocycles. The number of rotatable bonds is 8. The molecule has 0 bridgehead atoms. The number of carbonyl (C=O) groups is 1. The van der Waals surface area contributed by atoms with Gasteiger partial charge >= 0.3 is 0 Å². The zero-order valence-electron chi connectivity index (χ0n) is 14.8. The van der Waals surface area contributed by atoms with Gasteiger partial charge in [-0.15, -0.1) is 0 Å². The summed E-state index contributed by atoms with van der Waals surface area (Å²) < 4.78 is 0. The summed E-state index contributed by atoms with van der Waals surface area (Å²) in [6.07, 6.45) is 6.22. The minimum absolute atomic E-state index is 0.0215. The summed E-state index contributed by atoms with van der Waals surface area (Å²) in [5.74, 6) is 0.739. The van der Waals surface area contributed by atoms with Crippen LogP contribution >= 0.6 is 0 Å². The number of hydrogen-bond donors (Lipinski definition) is 1. The molecule has 1 aromatic carbocycles. The van der Waals surface area contributed by atoms with Gasteiger partial charge in [0.05, 0.1) is 5.92 Å². The molecule has 1 saturated carbocycles. The van der Waals surface area contributed by atoms with Crippen LogP contribution in [0.5, 0.6) is 0 Å². The second-order valence-corrected chi connectivity index (χ2v) is 6.60. The van der Waals surface area contributed by atoms with Gasteiger partial charge in [0.15, 0.2) is 0 Å². The van der Waals surface area contributed by atoms with Crippen molar-refractivity contribution in [2.45, 2.75) is 51.9 Å². The molecule has 2 rings (SSSR count). The average Bonchev–Trinajstić information content (AvgIpc) is 2.61. The summed E-state index contributed by atoms with van der Waals surface area (Å²) in [5, 5.41) is 3.20. The SMILES string of the molecule is CCN(CC)CCNC(=O)[C@H](c1ccccc1)C1CCCCC1. The van der Waals surface area contributed by atoms with Crippen molar-refractivity contribution in [3.8, 4) is 0 Å². The number of nitrogens with zero attached hydrogens (tertiary/aromatic N) is 1. The van der Waals surface area contributed by atoms with Gasteiger partial charge in [0.2, 0.25) is 5.91 Å². The van der Waals surface area contributed by atoms with Gasteiger partial charge in [-0.2, -0.15) is 0 Å². The third kappa shape index (κ3) is 5.35. The van der Waals surface area contributed by atoms with E-state index in [0.717, 1.165) is 26.2 Å². The molecule has 0 heterocycles. The molecular weight excluding hydrogens is 284 g/mol. The average molecular weight is 316 g/mol. The third-order valence-corrected chi connectivity index (χ3v) is 5.18. The number of hydrogen-bond acceptors (Lipinski definition) is 2. The lowest BCUT2D eigenvalue weighted by atomic mass is 9.76. The summed E-state index contributed by atoms with van der Waals surface area (Å²) in [6.45, 7) is 8.09. The predicted octanol–water partition coefficient (Wildman–Crippen LogP) is 3.81. The van der Waals surface area contributed by atoms with Gasteiger partial charge in [-0.3, -0.25) is 4.79 Å². The Morgan fingerprint density at radius 3 is 2.39 bits per heavy atom. The van der Waals surface area contributed by atoms with Crippen molar-refractivity contribution in [2.24, 2.45) is 5.92 Å². The number of nitrogens with one attached hydrogen (secondary N) is 1. The van der Waals surface area contributed by atoms with Crippen molar-refractivity contribution in [2.75, 3.05) is 26.2 Å². The number of likely N-dealkylation sites (N-methyl/N-ethyl adjacent to an activating group) is 1. The Balaban J connectivity index is 2.00. The van der Waals surface area contributed by atoms with Gasteiger partial charge in [0.1, 0.15) is 0 Å². The summed E-state index contributed by atoms with van der Waals surface area (Å²) in [7, 11) is 0. The van der Waals surface area contributed by atoms with Gasteiger partial charge in [0.25, 0.3) is 0 Å². The molecule has 128 valence electrons. The monoisotopic (exact) mass is 316 g/mol. The van der Waals surface area contributed by atoms with Crippen LogP contribution in [0.4, 0.5) is 0 Å². The molecule has 0 aromatic heterocycles. The lowest BCUT2D eigenvalue weighted by Crippen LogP contribution is -2.39. The fourth-order valence-corrected chi connectivity index (χ4v) is 3.75.